The summed E-state index contributed by atoms with van der Waals surface area (Å²) in [6, 6.07) is 7.86. The quantitative estimate of drug-likeness (QED) is 0.244. The number of methoxy groups -OCH3 is 1. The Bertz CT molecular complexity index is 699. The van der Waals surface area contributed by atoms with Crippen molar-refractivity contribution in [1.29, 1.82) is 0 Å². The molecule has 2 N–H and O–H groups in total. The highest BCUT2D eigenvalue weighted by Gasteiger charge is 2.05. The minimum Gasteiger partial charge on any atom is -0.497 e. The van der Waals surface area contributed by atoms with Crippen LogP contribution in [-0.4, -0.2) is 37.7 Å². The van der Waals surface area contributed by atoms with Gasteiger partial charge >= 0.3 is 0 Å². The van der Waals surface area contributed by atoms with Gasteiger partial charge < -0.3 is 24.5 Å². The molecule has 1 aromatic heterocycles. The van der Waals surface area contributed by atoms with Crippen LogP contribution >= 0.6 is 24.0 Å². The van der Waals surface area contributed by atoms with Gasteiger partial charge in [-0.1, -0.05) is 12.1 Å². The summed E-state index contributed by atoms with van der Waals surface area (Å²) in [6.07, 6.45) is 0. The van der Waals surface area contributed by atoms with Crippen molar-refractivity contribution < 1.29 is 13.9 Å². The molecule has 0 aliphatic rings. The van der Waals surface area contributed by atoms with Gasteiger partial charge in [0.05, 0.1) is 26.0 Å². The molecule has 1 aromatic carbocycles. The lowest BCUT2D eigenvalue weighted by Crippen LogP contribution is -2.39. The fraction of sp³-hybridized carbons (Fsp3) is 0.474. The topological polar surface area (TPSA) is 80.9 Å². The third kappa shape index (κ3) is 8.17. The zero-order valence-electron chi connectivity index (χ0n) is 16.4. The van der Waals surface area contributed by atoms with Gasteiger partial charge in [0.25, 0.3) is 0 Å². The lowest BCUT2D eigenvalue weighted by Gasteiger charge is -2.11. The van der Waals surface area contributed by atoms with Crippen molar-refractivity contribution in [2.24, 2.45) is 4.99 Å². The number of guanidine groups is 1. The molecule has 0 aliphatic carbocycles. The standard InChI is InChI=1S/C19H28N4O3.HI/c1-5-20-19(22-12-18-23-14(2)15(3)26-18)21-9-10-25-13-16-7-6-8-17(11-16)24-4;/h6-8,11H,5,9-10,12-13H2,1-4H3,(H2,20,21,22);1H. The SMILES string of the molecule is CCNC(=NCc1nc(C)c(C)o1)NCCOCc1cccc(OC)c1.I. The molecule has 0 fully saturated rings. The van der Waals surface area contributed by atoms with E-state index in [1.165, 1.54) is 0 Å². The molecule has 1 heterocycles. The van der Waals surface area contributed by atoms with Crippen LogP contribution in [-0.2, 0) is 17.9 Å². The van der Waals surface area contributed by atoms with Crippen LogP contribution in [0.1, 0.15) is 29.8 Å². The van der Waals surface area contributed by atoms with Gasteiger partial charge in [0.1, 0.15) is 18.1 Å². The lowest BCUT2D eigenvalue weighted by molar-refractivity contribution is 0.125. The molecule has 0 saturated carbocycles. The summed E-state index contributed by atoms with van der Waals surface area (Å²) in [5.74, 6) is 3.00. The molecule has 7 nitrogen and oxygen atoms in total. The number of hydrogen-bond donors (Lipinski definition) is 2. The van der Waals surface area contributed by atoms with E-state index < -0.39 is 0 Å². The summed E-state index contributed by atoms with van der Waals surface area (Å²) in [6.45, 7) is 8.79. The summed E-state index contributed by atoms with van der Waals surface area (Å²) in [5, 5.41) is 6.44. The zero-order chi connectivity index (χ0) is 18.8. The second-order valence-corrected chi connectivity index (χ2v) is 5.78. The van der Waals surface area contributed by atoms with Crippen LogP contribution < -0.4 is 15.4 Å². The van der Waals surface area contributed by atoms with Crippen LogP contribution in [0.4, 0.5) is 0 Å². The normalized spacial score (nSPS) is 11.0. The number of aromatic nitrogens is 1. The number of halogens is 1. The second kappa shape index (κ2) is 12.6. The average molecular weight is 488 g/mol. The predicted molar refractivity (Wildman–Crippen MR) is 117 cm³/mol. The van der Waals surface area contributed by atoms with E-state index in [0.717, 1.165) is 29.3 Å². The Labute approximate surface area is 178 Å². The first-order valence-corrected chi connectivity index (χ1v) is 8.78. The number of nitrogens with zero attached hydrogens (tertiary/aromatic N) is 2. The van der Waals surface area contributed by atoms with Gasteiger partial charge in [-0.2, -0.15) is 0 Å². The molecule has 0 atom stereocenters. The van der Waals surface area contributed by atoms with E-state index in [0.29, 0.717) is 38.2 Å². The third-order valence-corrected chi connectivity index (χ3v) is 3.73. The Morgan fingerprint density at radius 1 is 1.26 bits per heavy atom. The summed E-state index contributed by atoms with van der Waals surface area (Å²) in [7, 11) is 1.66. The van der Waals surface area contributed by atoms with E-state index in [4.69, 9.17) is 13.9 Å². The van der Waals surface area contributed by atoms with Crippen molar-refractivity contribution in [2.45, 2.75) is 33.9 Å². The maximum absolute atomic E-state index is 5.70. The molecular formula is C19H29IN4O3. The van der Waals surface area contributed by atoms with E-state index in [2.05, 4.69) is 20.6 Å². The minimum absolute atomic E-state index is 0. The number of rotatable bonds is 9. The van der Waals surface area contributed by atoms with Crippen molar-refractivity contribution in [3.63, 3.8) is 0 Å². The highest BCUT2D eigenvalue weighted by atomic mass is 127. The van der Waals surface area contributed by atoms with Crippen LogP contribution in [0.15, 0.2) is 33.7 Å². The molecular weight excluding hydrogens is 459 g/mol. The summed E-state index contributed by atoms with van der Waals surface area (Å²) in [5.41, 5.74) is 1.98. The van der Waals surface area contributed by atoms with Gasteiger partial charge in [-0.05, 0) is 38.5 Å². The molecule has 0 amide bonds. The maximum atomic E-state index is 5.70. The monoisotopic (exact) mass is 488 g/mol. The van der Waals surface area contributed by atoms with Crippen LogP contribution in [0.25, 0.3) is 0 Å². The largest absolute Gasteiger partial charge is 0.497 e. The number of benzene rings is 1. The van der Waals surface area contributed by atoms with Gasteiger partial charge in [0, 0.05) is 13.1 Å². The molecule has 0 aliphatic heterocycles. The minimum atomic E-state index is 0. The summed E-state index contributed by atoms with van der Waals surface area (Å²) < 4.78 is 16.5. The summed E-state index contributed by atoms with van der Waals surface area (Å²) in [4.78, 5) is 8.82. The summed E-state index contributed by atoms with van der Waals surface area (Å²) >= 11 is 0. The van der Waals surface area contributed by atoms with Crippen LogP contribution in [0.3, 0.4) is 0 Å². The molecule has 0 unspecified atom stereocenters. The molecule has 2 aromatic rings. The second-order valence-electron chi connectivity index (χ2n) is 5.78. The number of ether oxygens (including phenoxy) is 2. The first-order valence-electron chi connectivity index (χ1n) is 8.78. The fourth-order valence-corrected chi connectivity index (χ4v) is 2.29. The number of nitrogens with one attached hydrogen (secondary N) is 2. The molecule has 150 valence electrons. The molecule has 27 heavy (non-hydrogen) atoms. The third-order valence-electron chi connectivity index (χ3n) is 3.73. The number of oxazole rings is 1. The van der Waals surface area contributed by atoms with E-state index in [9.17, 15) is 0 Å². The van der Waals surface area contributed by atoms with Gasteiger partial charge in [-0.15, -0.1) is 24.0 Å². The highest BCUT2D eigenvalue weighted by Crippen LogP contribution is 2.13. The zero-order valence-corrected chi connectivity index (χ0v) is 18.7. The van der Waals surface area contributed by atoms with E-state index in [1.807, 2.05) is 45.0 Å². The predicted octanol–water partition coefficient (Wildman–Crippen LogP) is 3.19. The molecule has 0 radical (unpaired) electrons. The van der Waals surface area contributed by atoms with Gasteiger partial charge in [0.15, 0.2) is 5.96 Å². The Balaban J connectivity index is 0.00000364. The van der Waals surface area contributed by atoms with Crippen molar-refractivity contribution in [1.82, 2.24) is 15.6 Å². The van der Waals surface area contributed by atoms with Gasteiger partial charge in [-0.25, -0.2) is 9.98 Å². The van der Waals surface area contributed by atoms with Crippen LogP contribution in [0, 0.1) is 13.8 Å². The molecule has 0 saturated heterocycles. The van der Waals surface area contributed by atoms with Crippen LogP contribution in [0.2, 0.25) is 0 Å². The van der Waals surface area contributed by atoms with Crippen molar-refractivity contribution in [3.05, 3.63) is 47.2 Å². The molecule has 2 rings (SSSR count). The number of hydrogen-bond acceptors (Lipinski definition) is 5. The number of aliphatic imine (C=N–C) groups is 1. The van der Waals surface area contributed by atoms with Gasteiger partial charge in [0.2, 0.25) is 5.89 Å². The van der Waals surface area contributed by atoms with Gasteiger partial charge in [-0.3, -0.25) is 0 Å². The Kier molecular flexibility index (Phi) is 10.8. The first kappa shape index (κ1) is 23.2. The first-order chi connectivity index (χ1) is 12.6. The maximum Gasteiger partial charge on any atom is 0.216 e. The van der Waals surface area contributed by atoms with Crippen molar-refractivity contribution in [2.75, 3.05) is 26.8 Å². The van der Waals surface area contributed by atoms with Crippen molar-refractivity contribution in [3.8, 4) is 5.75 Å². The van der Waals surface area contributed by atoms with E-state index in [1.54, 1.807) is 7.11 Å². The molecule has 8 heteroatoms. The lowest BCUT2D eigenvalue weighted by atomic mass is 10.2. The Hall–Kier alpha value is -1.81. The fourth-order valence-electron chi connectivity index (χ4n) is 2.29. The molecule has 0 bridgehead atoms. The smallest absolute Gasteiger partial charge is 0.216 e. The number of aryl methyl sites for hydroxylation is 2. The van der Waals surface area contributed by atoms with E-state index in [-0.39, 0.29) is 24.0 Å². The Morgan fingerprint density at radius 2 is 2.07 bits per heavy atom. The average Bonchev–Trinajstić information content (AvgIpc) is 2.97. The highest BCUT2D eigenvalue weighted by molar-refractivity contribution is 14.0. The van der Waals surface area contributed by atoms with Crippen molar-refractivity contribution >= 4 is 29.9 Å². The van der Waals surface area contributed by atoms with Crippen LogP contribution in [0.5, 0.6) is 5.75 Å². The Morgan fingerprint density at radius 3 is 2.74 bits per heavy atom. The van der Waals surface area contributed by atoms with E-state index >= 15 is 0 Å². The molecule has 0 spiro atoms.